The highest BCUT2D eigenvalue weighted by atomic mass is 32.2. The lowest BCUT2D eigenvalue weighted by molar-refractivity contribution is -0.122. The van der Waals surface area contributed by atoms with E-state index in [0.717, 1.165) is 35.9 Å². The van der Waals surface area contributed by atoms with Crippen molar-refractivity contribution in [1.82, 2.24) is 4.57 Å². The van der Waals surface area contributed by atoms with Crippen molar-refractivity contribution in [2.75, 3.05) is 13.2 Å². The number of fused-ring (bicyclic) bond motifs is 1. The summed E-state index contributed by atoms with van der Waals surface area (Å²) in [5, 5.41) is 5.24. The molecule has 2 aromatic rings. The first-order valence-corrected chi connectivity index (χ1v) is 11.6. The Morgan fingerprint density at radius 1 is 1.33 bits per heavy atom. The average molecular weight is 412 g/mol. The van der Waals surface area contributed by atoms with E-state index < -0.39 is 10.0 Å². The fraction of sp³-hybridized carbons (Fsp3) is 0.556. The molecule has 0 radical (unpaired) electrons. The zero-order valence-corrected chi connectivity index (χ0v) is 17.0. The smallest absolute Gasteiger partial charge is 0.251 e. The van der Waals surface area contributed by atoms with Gasteiger partial charge in [-0.15, -0.1) is 0 Å². The molecular formula is C18H25N3O4S2. The van der Waals surface area contributed by atoms with Crippen molar-refractivity contribution < 1.29 is 17.9 Å². The first-order valence-electron chi connectivity index (χ1n) is 9.22. The lowest BCUT2D eigenvalue weighted by atomic mass is 9.89. The van der Waals surface area contributed by atoms with Crippen LogP contribution in [0.15, 0.2) is 28.1 Å². The maximum Gasteiger partial charge on any atom is 0.251 e. The molecule has 0 atom stereocenters. The van der Waals surface area contributed by atoms with Gasteiger partial charge in [0.05, 0.1) is 21.7 Å². The average Bonchev–Trinajstić information content (AvgIpc) is 2.98. The molecule has 1 aliphatic carbocycles. The predicted octanol–water partition coefficient (Wildman–Crippen LogP) is 2.39. The predicted molar refractivity (Wildman–Crippen MR) is 105 cm³/mol. The third-order valence-corrected chi connectivity index (χ3v) is 6.76. The van der Waals surface area contributed by atoms with Crippen LogP contribution in [-0.2, 0) is 26.1 Å². The minimum atomic E-state index is -3.78. The number of rotatable bonds is 6. The van der Waals surface area contributed by atoms with Gasteiger partial charge in [0.15, 0.2) is 4.80 Å². The van der Waals surface area contributed by atoms with Crippen LogP contribution < -0.4 is 9.94 Å². The Balaban J connectivity index is 2.04. The SMILES string of the molecule is CCOCCn1c(=NC(=O)C2CCCCC2)sc2cc(S(N)(=O)=O)ccc21. The fourth-order valence-corrected chi connectivity index (χ4v) is 5.08. The molecule has 148 valence electrons. The maximum atomic E-state index is 12.6. The molecule has 1 saturated carbocycles. The monoisotopic (exact) mass is 411 g/mol. The summed E-state index contributed by atoms with van der Waals surface area (Å²) in [6, 6.07) is 4.73. The van der Waals surface area contributed by atoms with Crippen molar-refractivity contribution in [3.05, 3.63) is 23.0 Å². The Kier molecular flexibility index (Phi) is 6.46. The van der Waals surface area contributed by atoms with E-state index in [4.69, 9.17) is 9.88 Å². The van der Waals surface area contributed by atoms with Crippen LogP contribution >= 0.6 is 11.3 Å². The van der Waals surface area contributed by atoms with Crippen molar-refractivity contribution in [2.24, 2.45) is 16.0 Å². The lowest BCUT2D eigenvalue weighted by Gasteiger charge is -2.17. The summed E-state index contributed by atoms with van der Waals surface area (Å²) in [4.78, 5) is 17.7. The number of nitrogens with zero attached hydrogens (tertiary/aromatic N) is 2. The molecule has 1 heterocycles. The Morgan fingerprint density at radius 2 is 2.07 bits per heavy atom. The number of sulfonamides is 1. The largest absolute Gasteiger partial charge is 0.380 e. The molecule has 1 aromatic carbocycles. The van der Waals surface area contributed by atoms with Crippen LogP contribution in [0.4, 0.5) is 0 Å². The second-order valence-corrected chi connectivity index (χ2v) is 9.26. The van der Waals surface area contributed by atoms with Gasteiger partial charge in [0.2, 0.25) is 10.0 Å². The van der Waals surface area contributed by atoms with Gasteiger partial charge in [-0.2, -0.15) is 4.99 Å². The highest BCUT2D eigenvalue weighted by Gasteiger charge is 2.21. The van der Waals surface area contributed by atoms with Crippen molar-refractivity contribution in [3.8, 4) is 0 Å². The quantitative estimate of drug-likeness (QED) is 0.737. The van der Waals surface area contributed by atoms with Gasteiger partial charge >= 0.3 is 0 Å². The molecule has 0 unspecified atom stereocenters. The minimum absolute atomic E-state index is 0.00992. The lowest BCUT2D eigenvalue weighted by Crippen LogP contribution is -2.23. The second kappa shape index (κ2) is 8.64. The summed E-state index contributed by atoms with van der Waals surface area (Å²) in [5.74, 6) is -0.0950. The van der Waals surface area contributed by atoms with E-state index in [-0.39, 0.29) is 16.7 Å². The summed E-state index contributed by atoms with van der Waals surface area (Å²) in [7, 11) is -3.78. The number of hydrogen-bond acceptors (Lipinski definition) is 5. The Morgan fingerprint density at radius 3 is 2.74 bits per heavy atom. The number of carbonyl (C=O) groups is 1. The van der Waals surface area contributed by atoms with Crippen molar-refractivity contribution in [1.29, 1.82) is 0 Å². The van der Waals surface area contributed by atoms with Gasteiger partial charge < -0.3 is 9.30 Å². The van der Waals surface area contributed by atoms with Crippen LogP contribution in [0.2, 0.25) is 0 Å². The molecule has 0 bridgehead atoms. The molecule has 1 aliphatic rings. The van der Waals surface area contributed by atoms with Crippen LogP contribution in [-0.4, -0.2) is 32.1 Å². The number of ether oxygens (including phenoxy) is 1. The summed E-state index contributed by atoms with van der Waals surface area (Å²) in [5.41, 5.74) is 0.822. The van der Waals surface area contributed by atoms with E-state index in [2.05, 4.69) is 4.99 Å². The third-order valence-electron chi connectivity index (χ3n) is 4.81. The normalized spacial score (nSPS) is 16.9. The number of thiazole rings is 1. The molecule has 0 saturated heterocycles. The Hall–Kier alpha value is -1.55. The van der Waals surface area contributed by atoms with Crippen LogP contribution in [0.25, 0.3) is 10.2 Å². The number of carbonyl (C=O) groups excluding carboxylic acids is 1. The third kappa shape index (κ3) is 4.84. The van der Waals surface area contributed by atoms with Crippen LogP contribution in [0, 0.1) is 5.92 Å². The van der Waals surface area contributed by atoms with Crippen molar-refractivity contribution in [3.63, 3.8) is 0 Å². The van der Waals surface area contributed by atoms with E-state index in [1.165, 1.54) is 29.9 Å². The summed E-state index contributed by atoms with van der Waals surface area (Å²) in [6.45, 7) is 3.56. The number of nitrogens with two attached hydrogens (primary N) is 1. The maximum absolute atomic E-state index is 12.6. The van der Waals surface area contributed by atoms with E-state index in [1.54, 1.807) is 6.07 Å². The van der Waals surface area contributed by atoms with Crippen LogP contribution in [0.1, 0.15) is 39.0 Å². The number of primary sulfonamides is 1. The molecule has 0 spiro atoms. The van der Waals surface area contributed by atoms with E-state index in [1.807, 2.05) is 11.5 Å². The first kappa shape index (κ1) is 20.2. The standard InChI is InChI=1S/C18H25N3O4S2/c1-2-25-11-10-21-15-9-8-14(27(19,23)24)12-16(15)26-18(21)20-17(22)13-6-4-3-5-7-13/h8-9,12-13H,2-7,10-11H2,1H3,(H2,19,23,24). The molecule has 1 fully saturated rings. The number of hydrogen-bond donors (Lipinski definition) is 1. The van der Waals surface area contributed by atoms with Gasteiger partial charge in [-0.05, 0) is 38.0 Å². The van der Waals surface area contributed by atoms with Crippen LogP contribution in [0.5, 0.6) is 0 Å². The number of benzene rings is 1. The molecule has 3 rings (SSSR count). The Bertz CT molecular complexity index is 986. The van der Waals surface area contributed by atoms with E-state index in [9.17, 15) is 13.2 Å². The van der Waals surface area contributed by atoms with E-state index in [0.29, 0.717) is 24.6 Å². The van der Waals surface area contributed by atoms with Crippen LogP contribution in [0.3, 0.4) is 0 Å². The second-order valence-electron chi connectivity index (χ2n) is 6.69. The minimum Gasteiger partial charge on any atom is -0.380 e. The molecule has 1 amide bonds. The van der Waals surface area contributed by atoms with Gasteiger partial charge in [-0.3, -0.25) is 4.79 Å². The summed E-state index contributed by atoms with van der Waals surface area (Å²) in [6.07, 6.45) is 5.10. The first-order chi connectivity index (χ1) is 12.9. The molecule has 0 aliphatic heterocycles. The van der Waals surface area contributed by atoms with Gasteiger partial charge in [-0.1, -0.05) is 30.6 Å². The highest BCUT2D eigenvalue weighted by molar-refractivity contribution is 7.89. The van der Waals surface area contributed by atoms with Crippen molar-refractivity contribution in [2.45, 2.75) is 50.5 Å². The van der Waals surface area contributed by atoms with Gasteiger partial charge in [0, 0.05) is 19.1 Å². The topological polar surface area (TPSA) is 104 Å². The number of aromatic nitrogens is 1. The van der Waals surface area contributed by atoms with Gasteiger partial charge in [-0.25, -0.2) is 13.6 Å². The van der Waals surface area contributed by atoms with Gasteiger partial charge in [0.1, 0.15) is 0 Å². The van der Waals surface area contributed by atoms with Crippen molar-refractivity contribution >= 4 is 37.5 Å². The van der Waals surface area contributed by atoms with Gasteiger partial charge in [0.25, 0.3) is 5.91 Å². The fourth-order valence-electron chi connectivity index (χ4n) is 3.37. The highest BCUT2D eigenvalue weighted by Crippen LogP contribution is 2.25. The molecule has 7 nitrogen and oxygen atoms in total. The molecular weight excluding hydrogens is 386 g/mol. The molecule has 1 aromatic heterocycles. The molecule has 2 N–H and O–H groups in total. The zero-order chi connectivity index (χ0) is 19.4. The molecule has 9 heteroatoms. The van der Waals surface area contributed by atoms with E-state index >= 15 is 0 Å². The summed E-state index contributed by atoms with van der Waals surface area (Å²) < 4.78 is 31.4. The zero-order valence-electron chi connectivity index (χ0n) is 15.4. The molecule has 27 heavy (non-hydrogen) atoms. The number of amides is 1. The summed E-state index contributed by atoms with van der Waals surface area (Å²) >= 11 is 1.30. The Labute approximate surface area is 162 Å².